The van der Waals surface area contributed by atoms with Crippen molar-refractivity contribution in [2.75, 3.05) is 5.32 Å². The van der Waals surface area contributed by atoms with Gasteiger partial charge in [0.2, 0.25) is 0 Å². The number of nitrogens with one attached hydrogen (secondary N) is 1. The first-order chi connectivity index (χ1) is 9.95. The maximum atomic E-state index is 12.3. The normalized spacial score (nSPS) is 11.0. The number of rotatable bonds is 2. The van der Waals surface area contributed by atoms with Crippen LogP contribution in [0, 0.1) is 13.8 Å². The van der Waals surface area contributed by atoms with Crippen LogP contribution in [0.1, 0.15) is 21.9 Å². The Morgan fingerprint density at radius 1 is 1.38 bits per heavy atom. The summed E-state index contributed by atoms with van der Waals surface area (Å²) in [6.45, 7) is 3.51. The first-order valence-electron chi connectivity index (χ1n) is 6.33. The second-order valence-electron chi connectivity index (χ2n) is 4.74. The number of oxazole rings is 1. The number of hydrogen-bond donors (Lipinski definition) is 1. The van der Waals surface area contributed by atoms with Crippen molar-refractivity contribution in [1.29, 1.82) is 0 Å². The number of nitrogens with zero attached hydrogens (tertiary/aromatic N) is 3. The molecule has 1 N–H and O–H groups in total. The van der Waals surface area contributed by atoms with Crippen molar-refractivity contribution in [2.24, 2.45) is 7.05 Å². The summed E-state index contributed by atoms with van der Waals surface area (Å²) in [6.07, 6.45) is 0. The number of amides is 1. The number of fused-ring (bicyclic) bond motifs is 1. The predicted octanol–water partition coefficient (Wildman–Crippen LogP) is 3.08. The van der Waals surface area contributed by atoms with E-state index in [0.29, 0.717) is 33.6 Å². The smallest absolute Gasteiger partial charge is 0.260 e. The third-order valence-corrected chi connectivity index (χ3v) is 3.57. The molecule has 21 heavy (non-hydrogen) atoms. The van der Waals surface area contributed by atoms with E-state index in [2.05, 4.69) is 15.4 Å². The van der Waals surface area contributed by atoms with Crippen LogP contribution in [0.3, 0.4) is 0 Å². The summed E-state index contributed by atoms with van der Waals surface area (Å²) in [5, 5.41) is 7.22. The fourth-order valence-corrected chi connectivity index (χ4v) is 2.46. The Morgan fingerprint density at radius 3 is 2.81 bits per heavy atom. The molecule has 0 bridgehead atoms. The minimum absolute atomic E-state index is 0.304. The molecule has 0 saturated heterocycles. The number of carbonyl (C=O) groups is 1. The third kappa shape index (κ3) is 2.38. The van der Waals surface area contributed by atoms with E-state index in [-0.39, 0.29) is 5.91 Å². The van der Waals surface area contributed by atoms with Crippen molar-refractivity contribution < 1.29 is 9.21 Å². The molecule has 0 aliphatic carbocycles. The zero-order valence-electron chi connectivity index (χ0n) is 11.8. The van der Waals surface area contributed by atoms with E-state index in [1.54, 1.807) is 39.1 Å². The summed E-state index contributed by atoms with van der Waals surface area (Å²) in [6, 6.07) is 5.29. The minimum atomic E-state index is -0.304. The lowest BCUT2D eigenvalue weighted by atomic mass is 10.2. The maximum Gasteiger partial charge on any atom is 0.260 e. The Hall–Kier alpha value is -2.34. The number of aryl methyl sites for hydroxylation is 3. The van der Waals surface area contributed by atoms with Crippen molar-refractivity contribution in [3.63, 3.8) is 0 Å². The van der Waals surface area contributed by atoms with Gasteiger partial charge in [-0.2, -0.15) is 5.10 Å². The fourth-order valence-electron chi connectivity index (χ4n) is 2.20. The van der Waals surface area contributed by atoms with E-state index in [9.17, 15) is 4.79 Å². The molecule has 0 unspecified atom stereocenters. The van der Waals surface area contributed by atoms with Gasteiger partial charge in [-0.3, -0.25) is 9.48 Å². The van der Waals surface area contributed by atoms with Crippen LogP contribution in [-0.4, -0.2) is 20.7 Å². The summed E-state index contributed by atoms with van der Waals surface area (Å²) < 4.78 is 6.91. The first-order valence-corrected chi connectivity index (χ1v) is 6.71. The number of benzene rings is 1. The molecule has 0 saturated carbocycles. The Balaban J connectivity index is 1.92. The summed E-state index contributed by atoms with van der Waals surface area (Å²) in [5.41, 5.74) is 2.94. The lowest BCUT2D eigenvalue weighted by Gasteiger charge is -2.04. The van der Waals surface area contributed by atoms with Crippen molar-refractivity contribution in [1.82, 2.24) is 14.8 Å². The molecule has 1 amide bonds. The number of hydrogen-bond acceptors (Lipinski definition) is 4. The van der Waals surface area contributed by atoms with E-state index in [0.717, 1.165) is 5.52 Å². The highest BCUT2D eigenvalue weighted by molar-refractivity contribution is 6.33. The zero-order valence-corrected chi connectivity index (χ0v) is 12.5. The molecule has 3 rings (SSSR count). The van der Waals surface area contributed by atoms with Crippen LogP contribution in [0.4, 0.5) is 5.69 Å². The average Bonchev–Trinajstić information content (AvgIpc) is 2.88. The standard InChI is InChI=1S/C14H13ClN4O2/c1-7-12(13(15)19(3)18-7)14(20)17-9-4-5-10-11(6-9)21-8(2)16-10/h4-6H,1-3H3,(H,17,20). The van der Waals surface area contributed by atoms with Gasteiger partial charge in [0.25, 0.3) is 5.91 Å². The van der Waals surface area contributed by atoms with Gasteiger partial charge in [0, 0.05) is 25.7 Å². The Morgan fingerprint density at radius 2 is 2.14 bits per heavy atom. The van der Waals surface area contributed by atoms with Gasteiger partial charge in [-0.25, -0.2) is 4.98 Å². The molecule has 2 aromatic heterocycles. The van der Waals surface area contributed by atoms with E-state index in [4.69, 9.17) is 16.0 Å². The number of carbonyl (C=O) groups excluding carboxylic acids is 1. The topological polar surface area (TPSA) is 73.0 Å². The number of halogens is 1. The highest BCUT2D eigenvalue weighted by atomic mass is 35.5. The summed E-state index contributed by atoms with van der Waals surface area (Å²) in [5.74, 6) is 0.279. The Labute approximate surface area is 125 Å². The quantitative estimate of drug-likeness (QED) is 0.789. The molecular formula is C14H13ClN4O2. The molecule has 0 aliphatic heterocycles. The largest absolute Gasteiger partial charge is 0.441 e. The van der Waals surface area contributed by atoms with E-state index in [1.165, 1.54) is 4.68 Å². The van der Waals surface area contributed by atoms with Crippen LogP contribution >= 0.6 is 11.6 Å². The molecular weight excluding hydrogens is 292 g/mol. The van der Waals surface area contributed by atoms with Crippen LogP contribution in [0.15, 0.2) is 22.6 Å². The molecule has 0 atom stereocenters. The molecule has 0 aliphatic rings. The SMILES string of the molecule is Cc1nc2ccc(NC(=O)c3c(C)nn(C)c3Cl)cc2o1. The van der Waals surface area contributed by atoms with Gasteiger partial charge in [0.15, 0.2) is 11.5 Å². The molecule has 0 radical (unpaired) electrons. The van der Waals surface area contributed by atoms with Gasteiger partial charge >= 0.3 is 0 Å². The van der Waals surface area contributed by atoms with Crippen LogP contribution in [0.25, 0.3) is 11.1 Å². The second kappa shape index (κ2) is 4.89. The van der Waals surface area contributed by atoms with Crippen molar-refractivity contribution in [3.05, 3.63) is 40.5 Å². The fraction of sp³-hybridized carbons (Fsp3) is 0.214. The maximum absolute atomic E-state index is 12.3. The van der Waals surface area contributed by atoms with Crippen LogP contribution in [0.2, 0.25) is 5.15 Å². The predicted molar refractivity (Wildman–Crippen MR) is 79.7 cm³/mol. The Kier molecular flexibility index (Phi) is 3.17. The van der Waals surface area contributed by atoms with E-state index < -0.39 is 0 Å². The van der Waals surface area contributed by atoms with Crippen molar-refractivity contribution >= 4 is 34.3 Å². The molecule has 6 nitrogen and oxygen atoms in total. The van der Waals surface area contributed by atoms with Gasteiger partial charge in [0.05, 0.1) is 11.3 Å². The van der Waals surface area contributed by atoms with Crippen molar-refractivity contribution in [2.45, 2.75) is 13.8 Å². The lowest BCUT2D eigenvalue weighted by molar-refractivity contribution is 0.102. The average molecular weight is 305 g/mol. The van der Waals surface area contributed by atoms with Gasteiger partial charge in [-0.15, -0.1) is 0 Å². The summed E-state index contributed by atoms with van der Waals surface area (Å²) >= 11 is 6.08. The van der Waals surface area contributed by atoms with Gasteiger partial charge < -0.3 is 9.73 Å². The number of aromatic nitrogens is 3. The minimum Gasteiger partial charge on any atom is -0.441 e. The van der Waals surface area contributed by atoms with Gasteiger partial charge in [-0.05, 0) is 19.1 Å². The molecule has 3 aromatic rings. The molecule has 2 heterocycles. The number of anilines is 1. The van der Waals surface area contributed by atoms with Gasteiger partial charge in [0.1, 0.15) is 10.7 Å². The summed E-state index contributed by atoms with van der Waals surface area (Å²) in [4.78, 5) is 16.5. The third-order valence-electron chi connectivity index (χ3n) is 3.13. The van der Waals surface area contributed by atoms with E-state index in [1.807, 2.05) is 0 Å². The van der Waals surface area contributed by atoms with Crippen LogP contribution < -0.4 is 5.32 Å². The Bertz CT molecular complexity index is 850. The first kappa shape index (κ1) is 13.6. The van der Waals surface area contributed by atoms with E-state index >= 15 is 0 Å². The highest BCUT2D eigenvalue weighted by Crippen LogP contribution is 2.23. The molecule has 108 valence electrons. The molecule has 7 heteroatoms. The molecule has 0 fully saturated rings. The molecule has 0 spiro atoms. The van der Waals surface area contributed by atoms with Crippen LogP contribution in [-0.2, 0) is 7.05 Å². The lowest BCUT2D eigenvalue weighted by Crippen LogP contribution is -2.13. The summed E-state index contributed by atoms with van der Waals surface area (Å²) in [7, 11) is 1.69. The monoisotopic (exact) mass is 304 g/mol. The second-order valence-corrected chi connectivity index (χ2v) is 5.10. The van der Waals surface area contributed by atoms with Gasteiger partial charge in [-0.1, -0.05) is 11.6 Å². The highest BCUT2D eigenvalue weighted by Gasteiger charge is 2.19. The van der Waals surface area contributed by atoms with Crippen molar-refractivity contribution in [3.8, 4) is 0 Å². The zero-order chi connectivity index (χ0) is 15.1. The molecule has 1 aromatic carbocycles. The van der Waals surface area contributed by atoms with Crippen LogP contribution in [0.5, 0.6) is 0 Å².